The van der Waals surface area contributed by atoms with E-state index in [0.717, 1.165) is 43.7 Å². The molecule has 3 aromatic rings. The van der Waals surface area contributed by atoms with Crippen LogP contribution in [0.15, 0.2) is 98.1 Å². The highest BCUT2D eigenvalue weighted by Crippen LogP contribution is 2.25. The molecule has 7 nitrogen and oxygen atoms in total. The zero-order valence-electron chi connectivity index (χ0n) is 21.3. The Bertz CT molecular complexity index is 1230. The minimum atomic E-state index is -3.26. The van der Waals surface area contributed by atoms with Gasteiger partial charge < -0.3 is 4.90 Å². The lowest BCUT2D eigenvalue weighted by Crippen LogP contribution is -2.21. The quantitative estimate of drug-likeness (QED) is 0.172. The molecule has 0 saturated carbocycles. The number of azo groups is 2. The Balaban J connectivity index is 1.56. The molecule has 0 amide bonds. The monoisotopic (exact) mass is 505 g/mol. The molecule has 3 aromatic carbocycles. The normalized spacial score (nSPS) is 12.0. The second-order valence-electron chi connectivity index (χ2n) is 8.48. The van der Waals surface area contributed by atoms with E-state index in [1.165, 1.54) is 5.69 Å². The molecule has 190 valence electrons. The number of nitrogens with zero attached hydrogens (tertiary/aromatic N) is 5. The molecule has 0 aliphatic heterocycles. The van der Waals surface area contributed by atoms with Gasteiger partial charge in [0.25, 0.3) is 0 Å². The molecule has 0 fully saturated rings. The summed E-state index contributed by atoms with van der Waals surface area (Å²) in [4.78, 5) is 2.61. The Labute approximate surface area is 214 Å². The molecule has 36 heavy (non-hydrogen) atoms. The van der Waals surface area contributed by atoms with Crippen molar-refractivity contribution in [3.63, 3.8) is 0 Å². The Kier molecular flexibility index (Phi) is 10.3. The van der Waals surface area contributed by atoms with E-state index in [-0.39, 0.29) is 5.75 Å². The molecule has 0 spiro atoms. The topological polar surface area (TPSA) is 86.8 Å². The van der Waals surface area contributed by atoms with Gasteiger partial charge in [0.1, 0.15) is 0 Å². The lowest BCUT2D eigenvalue weighted by Gasteiger charge is -2.20. The van der Waals surface area contributed by atoms with E-state index >= 15 is 0 Å². The van der Waals surface area contributed by atoms with Crippen molar-refractivity contribution in [1.82, 2.24) is 0 Å². The number of hydrogen-bond acceptors (Lipinski definition) is 7. The van der Waals surface area contributed by atoms with E-state index < -0.39 is 9.84 Å². The molecule has 0 saturated heterocycles. The van der Waals surface area contributed by atoms with E-state index in [9.17, 15) is 8.42 Å². The number of hydrogen-bond donors (Lipinski definition) is 0. The van der Waals surface area contributed by atoms with Gasteiger partial charge in [-0.15, -0.1) is 0 Å². The first-order chi connectivity index (χ1) is 17.4. The van der Waals surface area contributed by atoms with Crippen LogP contribution in [-0.4, -0.2) is 27.3 Å². The van der Waals surface area contributed by atoms with Crippen LogP contribution in [0.1, 0.15) is 46.5 Å². The van der Waals surface area contributed by atoms with Crippen molar-refractivity contribution in [2.45, 2.75) is 51.3 Å². The molecule has 0 aromatic heterocycles. The Morgan fingerprint density at radius 2 is 1.00 bits per heavy atom. The molecule has 0 unspecified atom stereocenters. The summed E-state index contributed by atoms with van der Waals surface area (Å²) in [6.45, 7) is 8.32. The van der Waals surface area contributed by atoms with Gasteiger partial charge in [0.2, 0.25) is 0 Å². The van der Waals surface area contributed by atoms with Gasteiger partial charge >= 0.3 is 0 Å². The minimum absolute atomic E-state index is 0.180. The van der Waals surface area contributed by atoms with Gasteiger partial charge in [-0.25, -0.2) is 8.42 Å². The van der Waals surface area contributed by atoms with Gasteiger partial charge in [0, 0.05) is 18.8 Å². The smallest absolute Gasteiger partial charge is 0.178 e. The summed E-state index contributed by atoms with van der Waals surface area (Å²) in [5, 5.41) is 17.1. The molecular weight excluding hydrogens is 470 g/mol. The van der Waals surface area contributed by atoms with Crippen LogP contribution in [0.3, 0.4) is 0 Å². The first kappa shape index (κ1) is 27.2. The van der Waals surface area contributed by atoms with Gasteiger partial charge in [0.05, 0.1) is 33.4 Å². The predicted molar refractivity (Wildman–Crippen MR) is 147 cm³/mol. The van der Waals surface area contributed by atoms with Gasteiger partial charge in [-0.2, -0.15) is 20.5 Å². The van der Waals surface area contributed by atoms with E-state index in [4.69, 9.17) is 0 Å². The van der Waals surface area contributed by atoms with Crippen molar-refractivity contribution in [2.24, 2.45) is 20.5 Å². The van der Waals surface area contributed by atoms with Gasteiger partial charge in [-0.3, -0.25) is 0 Å². The Morgan fingerprint density at radius 3 is 1.42 bits per heavy atom. The van der Waals surface area contributed by atoms with Crippen molar-refractivity contribution in [3.8, 4) is 0 Å². The van der Waals surface area contributed by atoms with Gasteiger partial charge in [-0.05, 0) is 93.1 Å². The zero-order chi connectivity index (χ0) is 25.8. The van der Waals surface area contributed by atoms with E-state index in [0.29, 0.717) is 22.7 Å². The number of rotatable bonds is 13. The average molecular weight is 506 g/mol. The third-order valence-electron chi connectivity index (χ3n) is 5.85. The highest BCUT2D eigenvalue weighted by Gasteiger charge is 2.13. The summed E-state index contributed by atoms with van der Waals surface area (Å²) in [5.41, 5.74) is 3.95. The fourth-order valence-corrected chi connectivity index (χ4v) is 5.06. The first-order valence-electron chi connectivity index (χ1n) is 12.6. The lowest BCUT2D eigenvalue weighted by molar-refractivity contribution is 0.589. The molecule has 8 heteroatoms. The van der Waals surface area contributed by atoms with Crippen LogP contribution in [-0.2, 0) is 9.84 Å². The molecule has 0 atom stereocenters. The minimum Gasteiger partial charge on any atom is -0.372 e. The summed E-state index contributed by atoms with van der Waals surface area (Å²) < 4.78 is 24.9. The molecule has 0 bridgehead atoms. The summed E-state index contributed by atoms with van der Waals surface area (Å²) in [5.74, 6) is 0.180. The highest BCUT2D eigenvalue weighted by atomic mass is 32.2. The van der Waals surface area contributed by atoms with Crippen molar-refractivity contribution < 1.29 is 8.42 Å². The third-order valence-corrected chi connectivity index (χ3v) is 7.67. The van der Waals surface area contributed by atoms with Crippen molar-refractivity contribution in [1.29, 1.82) is 0 Å². The fraction of sp³-hybridized carbons (Fsp3) is 0.357. The predicted octanol–water partition coefficient (Wildman–Crippen LogP) is 8.72. The highest BCUT2D eigenvalue weighted by molar-refractivity contribution is 7.91. The van der Waals surface area contributed by atoms with E-state index in [2.05, 4.69) is 58.3 Å². The van der Waals surface area contributed by atoms with E-state index in [1.807, 2.05) is 36.4 Å². The summed E-state index contributed by atoms with van der Waals surface area (Å²) in [6.07, 6.45) is 3.77. The van der Waals surface area contributed by atoms with Crippen molar-refractivity contribution in [2.75, 3.05) is 23.7 Å². The third kappa shape index (κ3) is 8.09. The number of anilines is 1. The number of sulfone groups is 1. The second kappa shape index (κ2) is 13.6. The average Bonchev–Trinajstić information content (AvgIpc) is 2.91. The maximum atomic E-state index is 12.5. The van der Waals surface area contributed by atoms with Crippen LogP contribution in [0.25, 0.3) is 0 Å². The number of benzene rings is 3. The van der Waals surface area contributed by atoms with Crippen molar-refractivity contribution in [3.05, 3.63) is 72.8 Å². The van der Waals surface area contributed by atoms with Gasteiger partial charge in [0.15, 0.2) is 9.84 Å². The molecular formula is C28H35N5O2S. The molecule has 0 N–H and O–H groups in total. The Hall–Kier alpha value is -3.39. The second-order valence-corrected chi connectivity index (χ2v) is 10.6. The first-order valence-corrected chi connectivity index (χ1v) is 14.2. The van der Waals surface area contributed by atoms with E-state index in [1.54, 1.807) is 24.3 Å². The molecule has 0 aliphatic rings. The SMILES string of the molecule is CCCCCCS(=O)(=O)c1ccc(N=Nc2ccc(N=Nc3ccc(N(CC)CC)cc3)cc2)cc1. The Morgan fingerprint density at radius 1 is 0.583 bits per heavy atom. The van der Waals surface area contributed by atoms with Crippen LogP contribution < -0.4 is 4.90 Å². The summed E-state index contributed by atoms with van der Waals surface area (Å²) in [6, 6.07) is 21.9. The van der Waals surface area contributed by atoms with Crippen molar-refractivity contribution >= 4 is 38.3 Å². The van der Waals surface area contributed by atoms with Crippen LogP contribution in [0.2, 0.25) is 0 Å². The standard InChI is InChI=1S/C28H35N5O2S/c1-4-7-8-9-22-36(34,35)28-20-16-26(17-21-28)32-30-24-12-10-23(11-13-24)29-31-25-14-18-27(19-15-25)33(5-2)6-3/h10-21H,4-9,22H2,1-3H3. The summed E-state index contributed by atoms with van der Waals surface area (Å²) >= 11 is 0. The molecule has 0 aliphatic carbocycles. The van der Waals surface area contributed by atoms with Gasteiger partial charge in [-0.1, -0.05) is 26.2 Å². The maximum Gasteiger partial charge on any atom is 0.178 e. The molecule has 0 radical (unpaired) electrons. The van der Waals surface area contributed by atoms with Crippen LogP contribution in [0.5, 0.6) is 0 Å². The fourth-order valence-electron chi connectivity index (χ4n) is 3.69. The maximum absolute atomic E-state index is 12.5. The molecule has 0 heterocycles. The summed E-state index contributed by atoms with van der Waals surface area (Å²) in [7, 11) is -3.26. The number of unbranched alkanes of at least 4 members (excludes halogenated alkanes) is 3. The lowest BCUT2D eigenvalue weighted by atomic mass is 10.2. The van der Waals surface area contributed by atoms with Crippen LogP contribution >= 0.6 is 0 Å². The van der Waals surface area contributed by atoms with Crippen LogP contribution in [0, 0.1) is 0 Å². The van der Waals surface area contributed by atoms with Crippen LogP contribution in [0.4, 0.5) is 28.4 Å². The largest absolute Gasteiger partial charge is 0.372 e. The zero-order valence-corrected chi connectivity index (χ0v) is 22.2. The molecule has 3 rings (SSSR count).